The van der Waals surface area contributed by atoms with Gasteiger partial charge in [-0.05, 0) is 43.2 Å². The van der Waals surface area contributed by atoms with Crippen LogP contribution in [0.2, 0.25) is 0 Å². The standard InChI is InChI=1S/C17H18O2/c1-3-4-14-7-11-16(12-8-14)19-17(18)15-9-5-13(2)6-10-15/h5-12H,3-4H2,1-2H3. The Labute approximate surface area is 114 Å². The molecule has 0 spiro atoms. The van der Waals surface area contributed by atoms with E-state index in [1.54, 1.807) is 12.1 Å². The Kier molecular flexibility index (Phi) is 4.35. The minimum Gasteiger partial charge on any atom is -0.423 e. The van der Waals surface area contributed by atoms with Crippen molar-refractivity contribution in [2.45, 2.75) is 26.7 Å². The molecule has 0 aromatic heterocycles. The van der Waals surface area contributed by atoms with Crippen molar-refractivity contribution >= 4 is 5.97 Å². The van der Waals surface area contributed by atoms with Gasteiger partial charge in [-0.3, -0.25) is 0 Å². The lowest BCUT2D eigenvalue weighted by molar-refractivity contribution is 0.0734. The van der Waals surface area contributed by atoms with Crippen LogP contribution < -0.4 is 4.74 Å². The number of benzene rings is 2. The van der Waals surface area contributed by atoms with Gasteiger partial charge < -0.3 is 4.74 Å². The zero-order chi connectivity index (χ0) is 13.7. The highest BCUT2D eigenvalue weighted by Crippen LogP contribution is 2.15. The smallest absolute Gasteiger partial charge is 0.343 e. The number of hydrogen-bond donors (Lipinski definition) is 0. The fraction of sp³-hybridized carbons (Fsp3) is 0.235. The highest BCUT2D eigenvalue weighted by atomic mass is 16.5. The van der Waals surface area contributed by atoms with Gasteiger partial charge >= 0.3 is 5.97 Å². The fourth-order valence-corrected chi connectivity index (χ4v) is 1.87. The summed E-state index contributed by atoms with van der Waals surface area (Å²) in [6.45, 7) is 4.13. The molecule has 0 saturated carbocycles. The summed E-state index contributed by atoms with van der Waals surface area (Å²) in [7, 11) is 0. The van der Waals surface area contributed by atoms with Crippen LogP contribution in [0, 0.1) is 6.92 Å². The summed E-state index contributed by atoms with van der Waals surface area (Å²) >= 11 is 0. The van der Waals surface area contributed by atoms with Gasteiger partial charge in [-0.1, -0.05) is 43.2 Å². The lowest BCUT2D eigenvalue weighted by Gasteiger charge is -2.05. The normalized spacial score (nSPS) is 10.2. The summed E-state index contributed by atoms with van der Waals surface area (Å²) in [5.74, 6) is 0.272. The molecule has 19 heavy (non-hydrogen) atoms. The van der Waals surface area contributed by atoms with Gasteiger partial charge in [-0.15, -0.1) is 0 Å². The lowest BCUT2D eigenvalue weighted by atomic mass is 10.1. The van der Waals surface area contributed by atoms with E-state index < -0.39 is 0 Å². The van der Waals surface area contributed by atoms with Crippen molar-refractivity contribution in [2.24, 2.45) is 0 Å². The van der Waals surface area contributed by atoms with Crippen molar-refractivity contribution in [3.63, 3.8) is 0 Å². The van der Waals surface area contributed by atoms with Crippen LogP contribution in [-0.4, -0.2) is 5.97 Å². The van der Waals surface area contributed by atoms with Crippen molar-refractivity contribution < 1.29 is 9.53 Å². The number of ether oxygens (including phenoxy) is 1. The van der Waals surface area contributed by atoms with Crippen LogP contribution >= 0.6 is 0 Å². The zero-order valence-corrected chi connectivity index (χ0v) is 11.3. The molecule has 2 aromatic rings. The van der Waals surface area contributed by atoms with E-state index in [0.717, 1.165) is 18.4 Å². The molecule has 0 bridgehead atoms. The Hall–Kier alpha value is -2.09. The van der Waals surface area contributed by atoms with Gasteiger partial charge in [0.05, 0.1) is 5.56 Å². The molecule has 0 heterocycles. The van der Waals surface area contributed by atoms with Crippen LogP contribution in [0.5, 0.6) is 5.75 Å². The molecule has 0 N–H and O–H groups in total. The monoisotopic (exact) mass is 254 g/mol. The van der Waals surface area contributed by atoms with Crippen LogP contribution in [0.15, 0.2) is 48.5 Å². The molecule has 0 amide bonds. The molecule has 2 heteroatoms. The number of rotatable bonds is 4. The average Bonchev–Trinajstić information content (AvgIpc) is 2.42. The van der Waals surface area contributed by atoms with Crippen LogP contribution in [0.25, 0.3) is 0 Å². The number of carbonyl (C=O) groups is 1. The predicted octanol–water partition coefficient (Wildman–Crippen LogP) is 4.17. The van der Waals surface area contributed by atoms with Crippen LogP contribution in [0.4, 0.5) is 0 Å². The Balaban J connectivity index is 2.04. The quantitative estimate of drug-likeness (QED) is 0.604. The van der Waals surface area contributed by atoms with E-state index in [0.29, 0.717) is 11.3 Å². The molecule has 98 valence electrons. The largest absolute Gasteiger partial charge is 0.423 e. The Bertz CT molecular complexity index is 538. The first-order valence-electron chi connectivity index (χ1n) is 6.57. The van der Waals surface area contributed by atoms with E-state index in [1.165, 1.54) is 5.56 Å². The summed E-state index contributed by atoms with van der Waals surface area (Å²) in [4.78, 5) is 11.9. The zero-order valence-electron chi connectivity index (χ0n) is 11.3. The third-order valence-electron chi connectivity index (χ3n) is 2.96. The molecule has 0 unspecified atom stereocenters. The average molecular weight is 254 g/mol. The molecule has 0 aliphatic rings. The molecular formula is C17H18O2. The van der Waals surface area contributed by atoms with Crippen molar-refractivity contribution in [3.05, 3.63) is 65.2 Å². The second-order valence-electron chi connectivity index (χ2n) is 4.65. The van der Waals surface area contributed by atoms with Crippen LogP contribution in [0.1, 0.15) is 34.8 Å². The number of carbonyl (C=O) groups excluding carboxylic acids is 1. The Morgan fingerprint density at radius 2 is 1.63 bits per heavy atom. The van der Waals surface area contributed by atoms with E-state index in [2.05, 4.69) is 6.92 Å². The first-order valence-corrected chi connectivity index (χ1v) is 6.57. The third kappa shape index (κ3) is 3.68. The number of esters is 1. The summed E-state index contributed by atoms with van der Waals surface area (Å²) in [6.07, 6.45) is 2.16. The summed E-state index contributed by atoms with van der Waals surface area (Å²) in [5, 5.41) is 0. The van der Waals surface area contributed by atoms with Gasteiger partial charge in [0, 0.05) is 0 Å². The SMILES string of the molecule is CCCc1ccc(OC(=O)c2ccc(C)cc2)cc1. The van der Waals surface area contributed by atoms with Crippen molar-refractivity contribution in [3.8, 4) is 5.75 Å². The first kappa shape index (κ1) is 13.3. The molecule has 2 rings (SSSR count). The molecule has 0 saturated heterocycles. The third-order valence-corrected chi connectivity index (χ3v) is 2.96. The van der Waals surface area contributed by atoms with Gasteiger partial charge in [-0.25, -0.2) is 4.79 Å². The van der Waals surface area contributed by atoms with E-state index in [-0.39, 0.29) is 5.97 Å². The van der Waals surface area contributed by atoms with Gasteiger partial charge in [0.2, 0.25) is 0 Å². The van der Waals surface area contributed by atoms with E-state index >= 15 is 0 Å². The van der Waals surface area contributed by atoms with Crippen LogP contribution in [0.3, 0.4) is 0 Å². The van der Waals surface area contributed by atoms with Crippen molar-refractivity contribution in [1.82, 2.24) is 0 Å². The molecule has 0 atom stereocenters. The molecular weight excluding hydrogens is 236 g/mol. The minimum atomic E-state index is -0.316. The molecule has 0 radical (unpaired) electrons. The highest BCUT2D eigenvalue weighted by Gasteiger charge is 2.07. The number of hydrogen-bond acceptors (Lipinski definition) is 2. The maximum Gasteiger partial charge on any atom is 0.343 e. The first-order chi connectivity index (χ1) is 9.19. The molecule has 2 nitrogen and oxygen atoms in total. The van der Waals surface area contributed by atoms with Crippen molar-refractivity contribution in [1.29, 1.82) is 0 Å². The highest BCUT2D eigenvalue weighted by molar-refractivity contribution is 5.91. The second kappa shape index (κ2) is 6.19. The van der Waals surface area contributed by atoms with Crippen molar-refractivity contribution in [2.75, 3.05) is 0 Å². The van der Waals surface area contributed by atoms with Crippen LogP contribution in [-0.2, 0) is 6.42 Å². The maximum atomic E-state index is 11.9. The molecule has 0 aliphatic carbocycles. The van der Waals surface area contributed by atoms with Gasteiger partial charge in [0.15, 0.2) is 0 Å². The van der Waals surface area contributed by atoms with E-state index in [1.807, 2.05) is 43.3 Å². The Morgan fingerprint density at radius 1 is 1.00 bits per heavy atom. The molecule has 0 fully saturated rings. The van der Waals surface area contributed by atoms with Gasteiger partial charge in [-0.2, -0.15) is 0 Å². The maximum absolute atomic E-state index is 11.9. The second-order valence-corrected chi connectivity index (χ2v) is 4.65. The van der Waals surface area contributed by atoms with Gasteiger partial charge in [0.1, 0.15) is 5.75 Å². The summed E-state index contributed by atoms with van der Waals surface area (Å²) < 4.78 is 5.33. The Morgan fingerprint density at radius 3 is 2.21 bits per heavy atom. The molecule has 2 aromatic carbocycles. The fourth-order valence-electron chi connectivity index (χ4n) is 1.87. The van der Waals surface area contributed by atoms with E-state index in [9.17, 15) is 4.79 Å². The number of aryl methyl sites for hydroxylation is 2. The topological polar surface area (TPSA) is 26.3 Å². The van der Waals surface area contributed by atoms with E-state index in [4.69, 9.17) is 4.74 Å². The lowest BCUT2D eigenvalue weighted by Crippen LogP contribution is -2.08. The summed E-state index contributed by atoms with van der Waals surface area (Å²) in [5.41, 5.74) is 2.96. The van der Waals surface area contributed by atoms with Gasteiger partial charge in [0.25, 0.3) is 0 Å². The minimum absolute atomic E-state index is 0.316. The summed E-state index contributed by atoms with van der Waals surface area (Å²) in [6, 6.07) is 15.1. The predicted molar refractivity (Wildman–Crippen MR) is 76.6 cm³/mol. The molecule has 0 aliphatic heterocycles.